The fraction of sp³-hybridized carbons (Fsp3) is 0.816. The number of carbonyl (C=O) groups is 1. The monoisotopic (exact) mass is 732 g/mol. The molecule has 1 aromatic rings. The molecule has 49 heavy (non-hydrogen) atoms. The number of Topliss-reactive ketones (excluding diaryl/α,β-unsaturated/α-hetero) is 1. The molecule has 0 saturated heterocycles. The largest absolute Gasteiger partial charge is 0.490 e. The standard InChI is InChI=1S/C38H70O9P2/c1-6-44-48(40,45-7-2)32-26-22-18-14-10-12-16-20-24-30-42-37-29-28-36(35(5)39)34-38(37)43-31-25-21-17-13-11-15-19-23-27-33-49(41,46-8-3)47-9-4/h28-29,34H,6-27,30-33H2,1-5H3. The minimum atomic E-state index is -2.90. The second-order valence-electron chi connectivity index (χ2n) is 12.6. The maximum absolute atomic E-state index is 12.5. The van der Waals surface area contributed by atoms with Crippen LogP contribution < -0.4 is 9.47 Å². The van der Waals surface area contributed by atoms with E-state index in [4.69, 9.17) is 27.6 Å². The number of hydrogen-bond donors (Lipinski definition) is 0. The fourth-order valence-corrected chi connectivity index (χ4v) is 9.19. The SMILES string of the molecule is CCOP(=O)(CCCCCCCCCCCOc1ccc(C(C)=O)cc1OCCCCCCCCCCCP(=O)(OCC)OCC)OCC. The lowest BCUT2D eigenvalue weighted by atomic mass is 10.1. The van der Waals surface area contributed by atoms with Gasteiger partial charge in [-0.1, -0.05) is 89.9 Å². The number of ketones is 1. The van der Waals surface area contributed by atoms with Crippen LogP contribution in [-0.2, 0) is 27.2 Å². The van der Waals surface area contributed by atoms with Crippen molar-refractivity contribution in [3.05, 3.63) is 23.8 Å². The lowest BCUT2D eigenvalue weighted by Crippen LogP contribution is -2.04. The van der Waals surface area contributed by atoms with Crippen molar-refractivity contribution in [2.45, 2.75) is 150 Å². The Kier molecular flexibility index (Phi) is 27.5. The van der Waals surface area contributed by atoms with E-state index >= 15 is 0 Å². The van der Waals surface area contributed by atoms with Crippen molar-refractivity contribution < 1.29 is 41.5 Å². The van der Waals surface area contributed by atoms with Crippen molar-refractivity contribution in [3.63, 3.8) is 0 Å². The predicted octanol–water partition coefficient (Wildman–Crippen LogP) is 12.2. The van der Waals surface area contributed by atoms with Crippen LogP contribution in [0.5, 0.6) is 11.5 Å². The third kappa shape index (κ3) is 23.1. The molecule has 9 nitrogen and oxygen atoms in total. The van der Waals surface area contributed by atoms with Crippen LogP contribution in [-0.4, -0.2) is 57.7 Å². The number of hydrogen-bond acceptors (Lipinski definition) is 9. The number of carbonyl (C=O) groups excluding carboxylic acids is 1. The Bertz CT molecular complexity index is 1050. The Morgan fingerprint density at radius 1 is 0.490 bits per heavy atom. The molecule has 1 aromatic carbocycles. The third-order valence-electron chi connectivity index (χ3n) is 8.32. The molecular weight excluding hydrogens is 662 g/mol. The van der Waals surface area contributed by atoms with E-state index in [0.29, 0.717) is 69.0 Å². The zero-order valence-electron chi connectivity index (χ0n) is 31.7. The Balaban J connectivity index is 2.17. The highest BCUT2D eigenvalue weighted by Crippen LogP contribution is 2.49. The zero-order chi connectivity index (χ0) is 36.1. The van der Waals surface area contributed by atoms with Gasteiger partial charge in [0, 0.05) is 5.56 Å². The first-order valence-corrected chi connectivity index (χ1v) is 22.8. The van der Waals surface area contributed by atoms with Crippen LogP contribution in [0.2, 0.25) is 0 Å². The normalized spacial score (nSPS) is 12.0. The second-order valence-corrected chi connectivity index (χ2v) is 17.0. The van der Waals surface area contributed by atoms with E-state index < -0.39 is 15.2 Å². The van der Waals surface area contributed by atoms with E-state index in [1.807, 2.05) is 45.9 Å². The molecule has 0 aliphatic heterocycles. The Morgan fingerprint density at radius 3 is 1.16 bits per heavy atom. The quantitative estimate of drug-likeness (QED) is 0.0383. The average molecular weight is 733 g/mol. The molecule has 0 aliphatic carbocycles. The van der Waals surface area contributed by atoms with E-state index in [-0.39, 0.29) is 5.78 Å². The van der Waals surface area contributed by atoms with E-state index in [9.17, 15) is 13.9 Å². The van der Waals surface area contributed by atoms with Crippen LogP contribution in [0, 0.1) is 0 Å². The van der Waals surface area contributed by atoms with Crippen LogP contribution in [0.25, 0.3) is 0 Å². The Labute approximate surface area is 299 Å². The first kappa shape index (κ1) is 45.8. The van der Waals surface area contributed by atoms with Gasteiger partial charge in [0.1, 0.15) is 0 Å². The molecule has 0 N–H and O–H groups in total. The van der Waals surface area contributed by atoms with Crippen molar-refractivity contribution in [1.82, 2.24) is 0 Å². The summed E-state index contributed by atoms with van der Waals surface area (Å²) in [5.74, 6) is 1.39. The van der Waals surface area contributed by atoms with E-state index in [1.54, 1.807) is 6.92 Å². The summed E-state index contributed by atoms with van der Waals surface area (Å²) in [6.45, 7) is 11.9. The van der Waals surface area contributed by atoms with Crippen molar-refractivity contribution in [2.24, 2.45) is 0 Å². The number of benzene rings is 1. The smallest absolute Gasteiger partial charge is 0.330 e. The van der Waals surface area contributed by atoms with Gasteiger partial charge in [-0.05, 0) is 78.5 Å². The van der Waals surface area contributed by atoms with Gasteiger partial charge in [0.05, 0.1) is 52.0 Å². The first-order chi connectivity index (χ1) is 23.7. The number of unbranched alkanes of at least 4 members (excludes halogenated alkanes) is 16. The molecule has 0 bridgehead atoms. The topological polar surface area (TPSA) is 107 Å². The number of ether oxygens (including phenoxy) is 2. The summed E-state index contributed by atoms with van der Waals surface area (Å²) in [6.07, 6.45) is 21.0. The lowest BCUT2D eigenvalue weighted by molar-refractivity contribution is 0.101. The van der Waals surface area contributed by atoms with Crippen LogP contribution in [0.3, 0.4) is 0 Å². The average Bonchev–Trinajstić information content (AvgIpc) is 3.06. The van der Waals surface area contributed by atoms with Gasteiger partial charge < -0.3 is 27.6 Å². The van der Waals surface area contributed by atoms with Crippen LogP contribution in [0.4, 0.5) is 0 Å². The molecule has 1 rings (SSSR count). The molecule has 0 atom stereocenters. The minimum absolute atomic E-state index is 0.0185. The Hall–Kier alpha value is -1.21. The summed E-state index contributed by atoms with van der Waals surface area (Å²) in [5, 5.41) is 0. The van der Waals surface area contributed by atoms with E-state index in [0.717, 1.165) is 64.2 Å². The van der Waals surface area contributed by atoms with Crippen LogP contribution >= 0.6 is 15.2 Å². The fourth-order valence-electron chi connectivity index (χ4n) is 5.73. The van der Waals surface area contributed by atoms with E-state index in [1.165, 1.54) is 51.4 Å². The first-order valence-electron chi connectivity index (χ1n) is 19.4. The molecule has 0 saturated carbocycles. The summed E-state index contributed by atoms with van der Waals surface area (Å²) in [4.78, 5) is 12.0. The van der Waals surface area contributed by atoms with Gasteiger partial charge in [-0.25, -0.2) is 0 Å². The van der Waals surface area contributed by atoms with Crippen LogP contribution in [0.15, 0.2) is 18.2 Å². The zero-order valence-corrected chi connectivity index (χ0v) is 33.5. The van der Waals surface area contributed by atoms with Gasteiger partial charge in [-0.15, -0.1) is 0 Å². The molecule has 0 amide bonds. The van der Waals surface area contributed by atoms with Gasteiger partial charge in [-0.2, -0.15) is 0 Å². The molecular formula is C38H70O9P2. The Morgan fingerprint density at radius 2 is 0.816 bits per heavy atom. The summed E-state index contributed by atoms with van der Waals surface area (Å²) < 4.78 is 58.7. The maximum Gasteiger partial charge on any atom is 0.330 e. The second kappa shape index (κ2) is 29.4. The molecule has 0 fully saturated rings. The molecule has 0 radical (unpaired) electrons. The van der Waals surface area contributed by atoms with Gasteiger partial charge in [0.2, 0.25) is 0 Å². The predicted molar refractivity (Wildman–Crippen MR) is 202 cm³/mol. The van der Waals surface area contributed by atoms with E-state index in [2.05, 4.69) is 0 Å². The number of rotatable bonds is 35. The molecule has 11 heteroatoms. The molecule has 286 valence electrons. The third-order valence-corrected chi connectivity index (χ3v) is 12.7. The summed E-state index contributed by atoms with van der Waals surface area (Å²) >= 11 is 0. The highest BCUT2D eigenvalue weighted by molar-refractivity contribution is 7.54. The van der Waals surface area contributed by atoms with Gasteiger partial charge in [0.25, 0.3) is 0 Å². The lowest BCUT2D eigenvalue weighted by Gasteiger charge is -2.16. The van der Waals surface area contributed by atoms with Gasteiger partial charge >= 0.3 is 15.2 Å². The molecule has 0 unspecified atom stereocenters. The molecule has 0 spiro atoms. The van der Waals surface area contributed by atoms with Crippen molar-refractivity contribution in [1.29, 1.82) is 0 Å². The summed E-state index contributed by atoms with van der Waals surface area (Å²) in [6, 6.07) is 5.49. The highest BCUT2D eigenvalue weighted by atomic mass is 31.2. The van der Waals surface area contributed by atoms with Crippen LogP contribution in [0.1, 0.15) is 161 Å². The molecule has 0 aromatic heterocycles. The van der Waals surface area contributed by atoms with Gasteiger partial charge in [-0.3, -0.25) is 13.9 Å². The maximum atomic E-state index is 12.5. The summed E-state index contributed by atoms with van der Waals surface area (Å²) in [5.41, 5.74) is 0.638. The van der Waals surface area contributed by atoms with Gasteiger partial charge in [0.15, 0.2) is 17.3 Å². The van der Waals surface area contributed by atoms with Crippen molar-refractivity contribution >= 4 is 21.0 Å². The summed E-state index contributed by atoms with van der Waals surface area (Å²) in [7, 11) is -5.80. The minimum Gasteiger partial charge on any atom is -0.490 e. The van der Waals surface area contributed by atoms with Crippen molar-refractivity contribution in [2.75, 3.05) is 52.0 Å². The molecule has 0 aliphatic rings. The highest BCUT2D eigenvalue weighted by Gasteiger charge is 2.23. The van der Waals surface area contributed by atoms with Crippen molar-refractivity contribution in [3.8, 4) is 11.5 Å². The molecule has 0 heterocycles.